The number of aldehydes is 1. The van der Waals surface area contributed by atoms with Gasteiger partial charge in [0.15, 0.2) is 5.78 Å². The molecule has 0 fully saturated rings. The van der Waals surface area contributed by atoms with Gasteiger partial charge in [-0.25, -0.2) is 0 Å². The molecule has 0 saturated heterocycles. The molecule has 0 atom stereocenters. The lowest BCUT2D eigenvalue weighted by molar-refractivity contribution is -0.127. The molecule has 0 aromatic carbocycles. The van der Waals surface area contributed by atoms with Crippen molar-refractivity contribution >= 4 is 23.8 Å². The van der Waals surface area contributed by atoms with E-state index < -0.39 is 0 Å². The van der Waals surface area contributed by atoms with Gasteiger partial charge in [0.25, 0.3) is 0 Å². The SMILES string of the molecule is NCCCC(=O)CCC(=O)NCC(=O)CCC=O. The Bertz CT molecular complexity index is 302. The first-order chi connectivity index (χ1) is 8.60. The third-order valence-electron chi connectivity index (χ3n) is 2.31. The lowest BCUT2D eigenvalue weighted by Gasteiger charge is -2.03. The highest BCUT2D eigenvalue weighted by atomic mass is 16.2. The number of carbonyl (C=O) groups is 4. The summed E-state index contributed by atoms with van der Waals surface area (Å²) in [5.74, 6) is -0.511. The predicted molar refractivity (Wildman–Crippen MR) is 65.8 cm³/mol. The smallest absolute Gasteiger partial charge is 0.220 e. The molecule has 0 aliphatic rings. The Morgan fingerprint density at radius 2 is 1.72 bits per heavy atom. The number of nitrogens with one attached hydrogen (secondary N) is 1. The summed E-state index contributed by atoms with van der Waals surface area (Å²) >= 11 is 0. The number of nitrogens with two attached hydrogens (primary N) is 1. The van der Waals surface area contributed by atoms with Gasteiger partial charge in [0.05, 0.1) is 6.54 Å². The van der Waals surface area contributed by atoms with E-state index in [1.54, 1.807) is 0 Å². The Morgan fingerprint density at radius 3 is 2.33 bits per heavy atom. The van der Waals surface area contributed by atoms with Crippen molar-refractivity contribution in [2.45, 2.75) is 38.5 Å². The van der Waals surface area contributed by atoms with Crippen LogP contribution >= 0.6 is 0 Å². The first kappa shape index (κ1) is 16.4. The molecule has 6 heteroatoms. The average Bonchev–Trinajstić information content (AvgIpc) is 2.37. The van der Waals surface area contributed by atoms with E-state index in [1.165, 1.54) is 0 Å². The molecule has 0 radical (unpaired) electrons. The fourth-order valence-electron chi connectivity index (χ4n) is 1.27. The van der Waals surface area contributed by atoms with Gasteiger partial charge in [-0.05, 0) is 13.0 Å². The summed E-state index contributed by atoms with van der Waals surface area (Å²) < 4.78 is 0. The molecule has 0 aliphatic carbocycles. The van der Waals surface area contributed by atoms with Crippen LogP contribution in [0.1, 0.15) is 38.5 Å². The highest BCUT2D eigenvalue weighted by Crippen LogP contribution is 1.98. The van der Waals surface area contributed by atoms with Crippen LogP contribution in [0.25, 0.3) is 0 Å². The highest BCUT2D eigenvalue weighted by molar-refractivity contribution is 5.89. The molecule has 0 rings (SSSR count). The van der Waals surface area contributed by atoms with Crippen LogP contribution in [0.3, 0.4) is 0 Å². The Labute approximate surface area is 106 Å². The zero-order valence-electron chi connectivity index (χ0n) is 10.4. The maximum absolute atomic E-state index is 11.3. The van der Waals surface area contributed by atoms with Crippen LogP contribution in [-0.2, 0) is 19.2 Å². The number of Topliss-reactive ketones (excluding diaryl/α,β-unsaturated/α-hetero) is 2. The first-order valence-electron chi connectivity index (χ1n) is 6.04. The molecule has 0 saturated carbocycles. The van der Waals surface area contributed by atoms with Gasteiger partial charge in [0.1, 0.15) is 12.1 Å². The molecule has 0 aromatic rings. The van der Waals surface area contributed by atoms with Crippen LogP contribution in [0.15, 0.2) is 0 Å². The predicted octanol–water partition coefficient (Wildman–Crippen LogP) is -0.261. The van der Waals surface area contributed by atoms with Crippen molar-refractivity contribution in [3.63, 3.8) is 0 Å². The van der Waals surface area contributed by atoms with Crippen LogP contribution in [0, 0.1) is 0 Å². The molecule has 18 heavy (non-hydrogen) atoms. The number of hydrogen-bond acceptors (Lipinski definition) is 5. The van der Waals surface area contributed by atoms with Crippen molar-refractivity contribution in [3.8, 4) is 0 Å². The van der Waals surface area contributed by atoms with Gasteiger partial charge in [-0.1, -0.05) is 0 Å². The summed E-state index contributed by atoms with van der Waals surface area (Å²) in [6.45, 7) is 0.382. The second-order valence-corrected chi connectivity index (χ2v) is 3.95. The fourth-order valence-corrected chi connectivity index (χ4v) is 1.27. The zero-order valence-corrected chi connectivity index (χ0v) is 10.4. The van der Waals surface area contributed by atoms with Crippen molar-refractivity contribution < 1.29 is 19.2 Å². The van der Waals surface area contributed by atoms with Crippen LogP contribution in [0.2, 0.25) is 0 Å². The van der Waals surface area contributed by atoms with Crippen molar-refractivity contribution in [3.05, 3.63) is 0 Å². The van der Waals surface area contributed by atoms with E-state index in [0.717, 1.165) is 0 Å². The van der Waals surface area contributed by atoms with Gasteiger partial charge >= 0.3 is 0 Å². The minimum absolute atomic E-state index is 0.00267. The molecule has 0 aromatic heterocycles. The molecule has 0 aliphatic heterocycles. The molecule has 0 heterocycles. The topological polar surface area (TPSA) is 106 Å². The van der Waals surface area contributed by atoms with Crippen molar-refractivity contribution in [2.75, 3.05) is 13.1 Å². The van der Waals surface area contributed by atoms with Crippen molar-refractivity contribution in [1.29, 1.82) is 0 Å². The number of rotatable bonds is 11. The van der Waals surface area contributed by atoms with Crippen LogP contribution in [-0.4, -0.2) is 36.8 Å². The second kappa shape index (κ2) is 10.6. The van der Waals surface area contributed by atoms with E-state index in [0.29, 0.717) is 25.7 Å². The van der Waals surface area contributed by atoms with E-state index in [2.05, 4.69) is 5.32 Å². The molecule has 1 amide bonds. The minimum atomic E-state index is -0.324. The summed E-state index contributed by atoms with van der Waals surface area (Å²) in [6.07, 6.45) is 2.26. The number of carbonyl (C=O) groups excluding carboxylic acids is 4. The third-order valence-corrected chi connectivity index (χ3v) is 2.31. The number of ketones is 2. The normalized spacial score (nSPS) is 9.83. The fraction of sp³-hybridized carbons (Fsp3) is 0.667. The van der Waals surface area contributed by atoms with Gasteiger partial charge in [-0.3, -0.25) is 14.4 Å². The molecule has 0 spiro atoms. The monoisotopic (exact) mass is 256 g/mol. The second-order valence-electron chi connectivity index (χ2n) is 3.95. The largest absolute Gasteiger partial charge is 0.349 e. The van der Waals surface area contributed by atoms with E-state index in [1.807, 2.05) is 0 Å². The number of amides is 1. The van der Waals surface area contributed by atoms with Crippen LogP contribution < -0.4 is 11.1 Å². The van der Waals surface area contributed by atoms with Gasteiger partial charge in [-0.15, -0.1) is 0 Å². The number of hydrogen-bond donors (Lipinski definition) is 2. The minimum Gasteiger partial charge on any atom is -0.349 e. The third kappa shape index (κ3) is 9.65. The van der Waals surface area contributed by atoms with Crippen LogP contribution in [0.5, 0.6) is 0 Å². The van der Waals surface area contributed by atoms with E-state index >= 15 is 0 Å². The lowest BCUT2D eigenvalue weighted by atomic mass is 10.1. The molecule has 102 valence electrons. The van der Waals surface area contributed by atoms with Gasteiger partial charge < -0.3 is 15.8 Å². The quantitative estimate of drug-likeness (QED) is 0.495. The zero-order chi connectivity index (χ0) is 13.8. The van der Waals surface area contributed by atoms with E-state index in [9.17, 15) is 19.2 Å². The molecular weight excluding hydrogens is 236 g/mol. The Morgan fingerprint density at radius 1 is 1.00 bits per heavy atom. The molecule has 0 unspecified atom stereocenters. The van der Waals surface area contributed by atoms with E-state index in [-0.39, 0.29) is 49.7 Å². The molecule has 3 N–H and O–H groups in total. The Hall–Kier alpha value is -1.56. The molecule has 0 bridgehead atoms. The molecular formula is C12H20N2O4. The standard InChI is InChI=1S/C12H20N2O4/c13-7-1-3-10(16)5-6-12(18)14-9-11(17)4-2-8-15/h8H,1-7,9,13H2,(H,14,18). The Kier molecular flexibility index (Phi) is 9.67. The van der Waals surface area contributed by atoms with Gasteiger partial charge in [0, 0.05) is 32.1 Å². The average molecular weight is 256 g/mol. The van der Waals surface area contributed by atoms with E-state index in [4.69, 9.17) is 5.73 Å². The van der Waals surface area contributed by atoms with Crippen molar-refractivity contribution in [2.24, 2.45) is 5.73 Å². The summed E-state index contributed by atoms with van der Waals surface area (Å²) in [5, 5.41) is 2.42. The first-order valence-corrected chi connectivity index (χ1v) is 6.04. The Balaban J connectivity index is 3.62. The van der Waals surface area contributed by atoms with Gasteiger partial charge in [0.2, 0.25) is 5.91 Å². The maximum Gasteiger partial charge on any atom is 0.220 e. The maximum atomic E-state index is 11.3. The van der Waals surface area contributed by atoms with Crippen molar-refractivity contribution in [1.82, 2.24) is 5.32 Å². The summed E-state index contributed by atoms with van der Waals surface area (Å²) in [6, 6.07) is 0. The summed E-state index contributed by atoms with van der Waals surface area (Å²) in [7, 11) is 0. The van der Waals surface area contributed by atoms with Crippen LogP contribution in [0.4, 0.5) is 0 Å². The summed E-state index contributed by atoms with van der Waals surface area (Å²) in [5.41, 5.74) is 5.26. The summed E-state index contributed by atoms with van der Waals surface area (Å²) in [4.78, 5) is 43.7. The highest BCUT2D eigenvalue weighted by Gasteiger charge is 2.08. The lowest BCUT2D eigenvalue weighted by Crippen LogP contribution is -2.29. The van der Waals surface area contributed by atoms with Gasteiger partial charge in [-0.2, -0.15) is 0 Å². The molecule has 6 nitrogen and oxygen atoms in total.